The van der Waals surface area contributed by atoms with Crippen LogP contribution in [0.15, 0.2) is 35.7 Å². The van der Waals surface area contributed by atoms with Crippen molar-refractivity contribution in [2.24, 2.45) is 0 Å². The average molecular weight is 344 g/mol. The number of hydrogen-bond acceptors (Lipinski definition) is 4. The maximum Gasteiger partial charge on any atom is 0.129 e. The van der Waals surface area contributed by atoms with Crippen molar-refractivity contribution in [1.82, 2.24) is 4.90 Å². The van der Waals surface area contributed by atoms with Crippen molar-refractivity contribution in [1.29, 1.82) is 0 Å². The van der Waals surface area contributed by atoms with Crippen molar-refractivity contribution in [3.8, 4) is 0 Å². The summed E-state index contributed by atoms with van der Waals surface area (Å²) in [6.45, 7) is 1.47. The SMILES string of the molecule is CN(Cc1c(F)cccc1Cl)C[C@@H](O)COCc1cccs1. The molecule has 3 nitrogen and oxygen atoms in total. The van der Waals surface area contributed by atoms with Gasteiger partial charge in [-0.15, -0.1) is 11.3 Å². The van der Waals surface area contributed by atoms with Gasteiger partial charge in [-0.25, -0.2) is 4.39 Å². The first-order valence-electron chi connectivity index (χ1n) is 6.96. The Kier molecular flexibility index (Phi) is 6.79. The van der Waals surface area contributed by atoms with Crippen LogP contribution in [0, 0.1) is 5.82 Å². The molecule has 0 bridgehead atoms. The molecular weight excluding hydrogens is 325 g/mol. The van der Waals surface area contributed by atoms with E-state index in [2.05, 4.69) is 0 Å². The van der Waals surface area contributed by atoms with Gasteiger partial charge in [-0.3, -0.25) is 4.90 Å². The molecule has 0 aliphatic heterocycles. The quantitative estimate of drug-likeness (QED) is 0.795. The molecule has 1 N–H and O–H groups in total. The molecule has 1 aromatic carbocycles. The van der Waals surface area contributed by atoms with E-state index in [0.29, 0.717) is 30.3 Å². The van der Waals surface area contributed by atoms with E-state index in [9.17, 15) is 9.50 Å². The van der Waals surface area contributed by atoms with Crippen LogP contribution in [0.3, 0.4) is 0 Å². The highest BCUT2D eigenvalue weighted by molar-refractivity contribution is 7.09. The molecule has 6 heteroatoms. The standard InChI is InChI=1S/C16H19ClFNO2S/c1-19(9-14-15(17)5-2-6-16(14)18)8-12(20)10-21-11-13-4-3-7-22-13/h2-7,12,20H,8-11H2,1H3/t12-/m1/s1. The summed E-state index contributed by atoms with van der Waals surface area (Å²) in [6, 6.07) is 8.58. The first kappa shape index (κ1) is 17.4. The lowest BCUT2D eigenvalue weighted by molar-refractivity contribution is 0.0134. The van der Waals surface area contributed by atoms with Crippen molar-refractivity contribution in [2.75, 3.05) is 20.2 Å². The monoisotopic (exact) mass is 343 g/mol. The van der Waals surface area contributed by atoms with Crippen LogP contribution in [-0.4, -0.2) is 36.3 Å². The zero-order valence-electron chi connectivity index (χ0n) is 12.3. The highest BCUT2D eigenvalue weighted by Crippen LogP contribution is 2.20. The van der Waals surface area contributed by atoms with Gasteiger partial charge in [0.1, 0.15) is 5.82 Å². The predicted octanol–water partition coefficient (Wildman–Crippen LogP) is 3.55. The third kappa shape index (κ3) is 5.34. The Labute approximate surface area is 138 Å². The molecule has 0 aliphatic rings. The Hall–Kier alpha value is -0.980. The van der Waals surface area contributed by atoms with E-state index in [-0.39, 0.29) is 12.4 Å². The number of hydrogen-bond donors (Lipinski definition) is 1. The van der Waals surface area contributed by atoms with Gasteiger partial charge in [-0.05, 0) is 30.6 Å². The number of thiophene rings is 1. The maximum atomic E-state index is 13.7. The summed E-state index contributed by atoms with van der Waals surface area (Å²) < 4.78 is 19.2. The lowest BCUT2D eigenvalue weighted by Gasteiger charge is -2.21. The third-order valence-electron chi connectivity index (χ3n) is 3.15. The summed E-state index contributed by atoms with van der Waals surface area (Å²) in [5.41, 5.74) is 0.443. The van der Waals surface area contributed by atoms with Crippen LogP contribution in [-0.2, 0) is 17.9 Å². The molecule has 0 saturated carbocycles. The Balaban J connectivity index is 1.75. The molecule has 2 rings (SSSR count). The number of aliphatic hydroxyl groups excluding tert-OH is 1. The zero-order valence-corrected chi connectivity index (χ0v) is 13.9. The Bertz CT molecular complexity index is 559. The summed E-state index contributed by atoms with van der Waals surface area (Å²) >= 11 is 7.62. The molecule has 2 aromatic rings. The molecule has 0 aliphatic carbocycles. The number of likely N-dealkylation sites (N-methyl/N-ethyl adjacent to an activating group) is 1. The predicted molar refractivity (Wildman–Crippen MR) is 87.7 cm³/mol. The van der Waals surface area contributed by atoms with Crippen molar-refractivity contribution < 1.29 is 14.2 Å². The number of nitrogens with zero attached hydrogens (tertiary/aromatic N) is 1. The Morgan fingerprint density at radius 2 is 2.18 bits per heavy atom. The van der Waals surface area contributed by atoms with Crippen LogP contribution in [0.2, 0.25) is 5.02 Å². The summed E-state index contributed by atoms with van der Waals surface area (Å²) in [5, 5.41) is 12.4. The second-order valence-corrected chi connectivity index (χ2v) is 6.58. The van der Waals surface area contributed by atoms with E-state index in [4.69, 9.17) is 16.3 Å². The topological polar surface area (TPSA) is 32.7 Å². The van der Waals surface area contributed by atoms with Gasteiger partial charge >= 0.3 is 0 Å². The Morgan fingerprint density at radius 1 is 1.36 bits per heavy atom. The lowest BCUT2D eigenvalue weighted by atomic mass is 10.2. The minimum Gasteiger partial charge on any atom is -0.389 e. The van der Waals surface area contributed by atoms with Gasteiger partial charge in [0.25, 0.3) is 0 Å². The fraction of sp³-hybridized carbons (Fsp3) is 0.375. The number of rotatable bonds is 8. The van der Waals surface area contributed by atoms with Gasteiger partial charge in [0.2, 0.25) is 0 Å². The zero-order chi connectivity index (χ0) is 15.9. The van der Waals surface area contributed by atoms with Gasteiger partial charge < -0.3 is 9.84 Å². The van der Waals surface area contributed by atoms with Gasteiger partial charge in [-0.2, -0.15) is 0 Å². The van der Waals surface area contributed by atoms with Crippen molar-refractivity contribution >= 4 is 22.9 Å². The molecular formula is C16H19ClFNO2S. The van der Waals surface area contributed by atoms with E-state index in [1.54, 1.807) is 23.5 Å². The van der Waals surface area contributed by atoms with Crippen molar-refractivity contribution in [3.05, 3.63) is 57.0 Å². The van der Waals surface area contributed by atoms with Gasteiger partial charge in [0.15, 0.2) is 0 Å². The Morgan fingerprint density at radius 3 is 2.86 bits per heavy atom. The summed E-state index contributed by atoms with van der Waals surface area (Å²) in [5.74, 6) is -0.331. The molecule has 120 valence electrons. The summed E-state index contributed by atoms with van der Waals surface area (Å²) in [7, 11) is 1.81. The van der Waals surface area contributed by atoms with Crippen molar-refractivity contribution in [2.45, 2.75) is 19.3 Å². The first-order chi connectivity index (χ1) is 10.6. The van der Waals surface area contributed by atoms with Gasteiger partial charge in [-0.1, -0.05) is 23.7 Å². The van der Waals surface area contributed by atoms with Crippen LogP contribution < -0.4 is 0 Å². The van der Waals surface area contributed by atoms with E-state index in [1.807, 2.05) is 29.5 Å². The molecule has 1 atom stereocenters. The van der Waals surface area contributed by atoms with E-state index < -0.39 is 6.10 Å². The number of halogens is 2. The second kappa shape index (κ2) is 8.60. The lowest BCUT2D eigenvalue weighted by Crippen LogP contribution is -2.32. The average Bonchev–Trinajstić information content (AvgIpc) is 2.96. The molecule has 0 fully saturated rings. The first-order valence-corrected chi connectivity index (χ1v) is 8.21. The van der Waals surface area contributed by atoms with Gasteiger partial charge in [0, 0.05) is 28.6 Å². The maximum absolute atomic E-state index is 13.7. The second-order valence-electron chi connectivity index (χ2n) is 5.15. The normalized spacial score (nSPS) is 12.8. The molecule has 22 heavy (non-hydrogen) atoms. The minimum atomic E-state index is -0.629. The van der Waals surface area contributed by atoms with Crippen molar-refractivity contribution in [3.63, 3.8) is 0 Å². The highest BCUT2D eigenvalue weighted by Gasteiger charge is 2.13. The van der Waals surface area contributed by atoms with E-state index in [0.717, 1.165) is 4.88 Å². The molecule has 1 heterocycles. The largest absolute Gasteiger partial charge is 0.389 e. The highest BCUT2D eigenvalue weighted by atomic mass is 35.5. The minimum absolute atomic E-state index is 0.243. The van der Waals surface area contributed by atoms with E-state index in [1.165, 1.54) is 6.07 Å². The molecule has 0 radical (unpaired) electrons. The van der Waals surface area contributed by atoms with Gasteiger partial charge in [0.05, 0.1) is 19.3 Å². The number of benzene rings is 1. The fourth-order valence-corrected chi connectivity index (χ4v) is 2.98. The number of aliphatic hydroxyl groups is 1. The van der Waals surface area contributed by atoms with Crippen LogP contribution in [0.5, 0.6) is 0 Å². The van der Waals surface area contributed by atoms with Crippen LogP contribution in [0.25, 0.3) is 0 Å². The molecule has 0 saturated heterocycles. The molecule has 0 spiro atoms. The summed E-state index contributed by atoms with van der Waals surface area (Å²) in [4.78, 5) is 2.95. The van der Waals surface area contributed by atoms with E-state index >= 15 is 0 Å². The smallest absolute Gasteiger partial charge is 0.129 e. The van der Waals surface area contributed by atoms with Crippen LogP contribution in [0.4, 0.5) is 4.39 Å². The number of ether oxygens (including phenoxy) is 1. The fourth-order valence-electron chi connectivity index (χ4n) is 2.12. The molecule has 1 aromatic heterocycles. The molecule has 0 unspecified atom stereocenters. The van der Waals surface area contributed by atoms with Crippen LogP contribution in [0.1, 0.15) is 10.4 Å². The summed E-state index contributed by atoms with van der Waals surface area (Å²) in [6.07, 6.45) is -0.629. The van der Waals surface area contributed by atoms with Crippen LogP contribution >= 0.6 is 22.9 Å². The third-order valence-corrected chi connectivity index (χ3v) is 4.35. The molecule has 0 amide bonds.